The van der Waals surface area contributed by atoms with E-state index in [0.717, 1.165) is 28.7 Å². The Morgan fingerprint density at radius 2 is 2.05 bits per heavy atom. The zero-order valence-corrected chi connectivity index (χ0v) is 12.1. The Morgan fingerprint density at radius 3 is 2.65 bits per heavy atom. The minimum atomic E-state index is -0.814. The maximum atomic E-state index is 11.2. The molecule has 0 aliphatic rings. The topological polar surface area (TPSA) is 62.5 Å². The fourth-order valence-corrected chi connectivity index (χ4v) is 2.45. The molecule has 0 radical (unpaired) electrons. The van der Waals surface area contributed by atoms with Crippen LogP contribution < -0.4 is 5.32 Å². The average Bonchev–Trinajstić information content (AvgIpc) is 2.76. The van der Waals surface area contributed by atoms with Crippen LogP contribution in [0.1, 0.15) is 32.1 Å². The highest BCUT2D eigenvalue weighted by Gasteiger charge is 2.22. The van der Waals surface area contributed by atoms with E-state index in [4.69, 9.17) is 4.42 Å². The number of rotatable bonds is 6. The zero-order chi connectivity index (χ0) is 14.7. The van der Waals surface area contributed by atoms with E-state index in [9.17, 15) is 9.90 Å². The predicted molar refractivity (Wildman–Crippen MR) is 78.7 cm³/mol. The smallest absolute Gasteiger partial charge is 0.320 e. The van der Waals surface area contributed by atoms with Gasteiger partial charge >= 0.3 is 5.97 Å². The number of aliphatic carboxylic acids is 1. The molecule has 1 heterocycles. The molecular formula is C16H21NO3. The molecule has 2 rings (SSSR count). The van der Waals surface area contributed by atoms with Crippen LogP contribution in [0.15, 0.2) is 28.7 Å². The summed E-state index contributed by atoms with van der Waals surface area (Å²) in [6, 6.07) is 7.32. The van der Waals surface area contributed by atoms with E-state index >= 15 is 0 Å². The van der Waals surface area contributed by atoms with Crippen molar-refractivity contribution in [2.24, 2.45) is 5.92 Å². The second-order valence-corrected chi connectivity index (χ2v) is 5.29. The van der Waals surface area contributed by atoms with Crippen LogP contribution in [-0.2, 0) is 17.8 Å². The van der Waals surface area contributed by atoms with E-state index in [0.29, 0.717) is 6.54 Å². The van der Waals surface area contributed by atoms with Crippen molar-refractivity contribution in [3.8, 4) is 0 Å². The summed E-state index contributed by atoms with van der Waals surface area (Å²) in [5.41, 5.74) is 1.92. The Kier molecular flexibility index (Phi) is 4.45. The number of aryl methyl sites for hydroxylation is 1. The third kappa shape index (κ3) is 2.85. The molecule has 0 saturated carbocycles. The lowest BCUT2D eigenvalue weighted by Crippen LogP contribution is -2.40. The lowest BCUT2D eigenvalue weighted by molar-refractivity contribution is -0.140. The predicted octanol–water partition coefficient (Wildman–Crippen LogP) is 3.19. The first-order chi connectivity index (χ1) is 9.54. The SMILES string of the molecule is CCc1oc2ccccc2c1CNC(C(=O)O)C(C)C. The first-order valence-corrected chi connectivity index (χ1v) is 7.00. The van der Waals surface area contributed by atoms with E-state index in [-0.39, 0.29) is 5.92 Å². The van der Waals surface area contributed by atoms with Crippen LogP contribution in [0.25, 0.3) is 11.0 Å². The van der Waals surface area contributed by atoms with Crippen LogP contribution in [0.4, 0.5) is 0 Å². The van der Waals surface area contributed by atoms with E-state index < -0.39 is 12.0 Å². The highest BCUT2D eigenvalue weighted by atomic mass is 16.4. The first kappa shape index (κ1) is 14.6. The van der Waals surface area contributed by atoms with Crippen LogP contribution >= 0.6 is 0 Å². The Bertz CT molecular complexity index is 601. The Hall–Kier alpha value is -1.81. The summed E-state index contributed by atoms with van der Waals surface area (Å²) >= 11 is 0. The number of furan rings is 1. The largest absolute Gasteiger partial charge is 0.480 e. The lowest BCUT2D eigenvalue weighted by Gasteiger charge is -2.17. The van der Waals surface area contributed by atoms with Crippen LogP contribution in [-0.4, -0.2) is 17.1 Å². The molecule has 0 bridgehead atoms. The summed E-state index contributed by atoms with van der Waals surface area (Å²) in [6.45, 7) is 6.35. The summed E-state index contributed by atoms with van der Waals surface area (Å²) in [7, 11) is 0. The van der Waals surface area contributed by atoms with Crippen molar-refractivity contribution < 1.29 is 14.3 Å². The number of hydrogen-bond donors (Lipinski definition) is 2. The van der Waals surface area contributed by atoms with E-state index in [1.165, 1.54) is 0 Å². The van der Waals surface area contributed by atoms with Crippen molar-refractivity contribution >= 4 is 16.9 Å². The molecule has 1 aromatic carbocycles. The number of nitrogens with one attached hydrogen (secondary N) is 1. The third-order valence-corrected chi connectivity index (χ3v) is 3.53. The molecule has 1 unspecified atom stereocenters. The molecule has 0 saturated heterocycles. The molecule has 0 amide bonds. The molecule has 0 fully saturated rings. The van der Waals surface area contributed by atoms with Crippen LogP contribution in [0, 0.1) is 5.92 Å². The van der Waals surface area contributed by atoms with Crippen molar-refractivity contribution in [1.29, 1.82) is 0 Å². The summed E-state index contributed by atoms with van der Waals surface area (Å²) in [6.07, 6.45) is 0.797. The van der Waals surface area contributed by atoms with Gasteiger partial charge in [0, 0.05) is 23.9 Å². The number of carboxylic acids is 1. The maximum Gasteiger partial charge on any atom is 0.320 e. The molecule has 0 aliphatic heterocycles. The Labute approximate surface area is 118 Å². The highest BCUT2D eigenvalue weighted by Crippen LogP contribution is 2.26. The number of fused-ring (bicyclic) bond motifs is 1. The molecule has 0 spiro atoms. The molecule has 1 atom stereocenters. The van der Waals surface area contributed by atoms with Gasteiger partial charge in [-0.3, -0.25) is 10.1 Å². The fraction of sp³-hybridized carbons (Fsp3) is 0.438. The molecule has 2 aromatic rings. The summed E-state index contributed by atoms with van der Waals surface area (Å²) in [4.78, 5) is 11.2. The van der Waals surface area contributed by atoms with Gasteiger partial charge in [0.25, 0.3) is 0 Å². The van der Waals surface area contributed by atoms with Gasteiger partial charge < -0.3 is 9.52 Å². The molecule has 108 valence electrons. The second kappa shape index (κ2) is 6.09. The Morgan fingerprint density at radius 1 is 1.35 bits per heavy atom. The van der Waals surface area contributed by atoms with Gasteiger partial charge in [0.2, 0.25) is 0 Å². The van der Waals surface area contributed by atoms with Gasteiger partial charge in [0.1, 0.15) is 17.4 Å². The van der Waals surface area contributed by atoms with Crippen molar-refractivity contribution in [2.45, 2.75) is 39.8 Å². The van der Waals surface area contributed by atoms with Crippen molar-refractivity contribution in [3.63, 3.8) is 0 Å². The van der Waals surface area contributed by atoms with Crippen molar-refractivity contribution in [1.82, 2.24) is 5.32 Å². The van der Waals surface area contributed by atoms with Crippen LogP contribution in [0.5, 0.6) is 0 Å². The number of hydrogen-bond acceptors (Lipinski definition) is 3. The highest BCUT2D eigenvalue weighted by molar-refractivity contribution is 5.82. The van der Waals surface area contributed by atoms with Gasteiger partial charge in [-0.25, -0.2) is 0 Å². The minimum absolute atomic E-state index is 0.0377. The van der Waals surface area contributed by atoms with Gasteiger partial charge in [-0.1, -0.05) is 39.0 Å². The van der Waals surface area contributed by atoms with Crippen LogP contribution in [0.2, 0.25) is 0 Å². The minimum Gasteiger partial charge on any atom is -0.480 e. The van der Waals surface area contributed by atoms with E-state index in [1.54, 1.807) is 0 Å². The molecule has 4 heteroatoms. The molecule has 4 nitrogen and oxygen atoms in total. The normalized spacial score (nSPS) is 13.0. The number of carboxylic acid groups (broad SMARTS) is 1. The molecule has 0 aliphatic carbocycles. The lowest BCUT2D eigenvalue weighted by atomic mass is 10.0. The van der Waals surface area contributed by atoms with Gasteiger partial charge in [0.05, 0.1) is 0 Å². The van der Waals surface area contributed by atoms with E-state index in [1.807, 2.05) is 45.0 Å². The number of benzene rings is 1. The van der Waals surface area contributed by atoms with Gasteiger partial charge in [-0.05, 0) is 12.0 Å². The average molecular weight is 275 g/mol. The molecule has 1 aromatic heterocycles. The monoisotopic (exact) mass is 275 g/mol. The van der Waals surface area contributed by atoms with Gasteiger partial charge in [-0.2, -0.15) is 0 Å². The summed E-state index contributed by atoms with van der Waals surface area (Å²) in [5, 5.41) is 13.4. The first-order valence-electron chi connectivity index (χ1n) is 7.00. The van der Waals surface area contributed by atoms with Gasteiger partial charge in [0.15, 0.2) is 0 Å². The summed E-state index contributed by atoms with van der Waals surface area (Å²) < 4.78 is 5.81. The molecule has 20 heavy (non-hydrogen) atoms. The van der Waals surface area contributed by atoms with Crippen LogP contribution in [0.3, 0.4) is 0 Å². The van der Waals surface area contributed by atoms with Crippen molar-refractivity contribution in [2.75, 3.05) is 0 Å². The second-order valence-electron chi connectivity index (χ2n) is 5.29. The molecular weight excluding hydrogens is 254 g/mol. The third-order valence-electron chi connectivity index (χ3n) is 3.53. The fourth-order valence-electron chi connectivity index (χ4n) is 2.45. The molecule has 2 N–H and O–H groups in total. The summed E-state index contributed by atoms with van der Waals surface area (Å²) in [5.74, 6) is 0.146. The number of para-hydroxylation sites is 1. The Balaban J connectivity index is 2.26. The quantitative estimate of drug-likeness (QED) is 0.850. The van der Waals surface area contributed by atoms with E-state index in [2.05, 4.69) is 5.32 Å². The maximum absolute atomic E-state index is 11.2. The number of carbonyl (C=O) groups is 1. The van der Waals surface area contributed by atoms with Gasteiger partial charge in [-0.15, -0.1) is 0 Å². The van der Waals surface area contributed by atoms with Crippen molar-refractivity contribution in [3.05, 3.63) is 35.6 Å². The standard InChI is InChI=1S/C16H21NO3/c1-4-13-12(9-17-15(10(2)3)16(18)19)11-7-5-6-8-14(11)20-13/h5-8,10,15,17H,4,9H2,1-3H3,(H,18,19). The zero-order valence-electron chi connectivity index (χ0n) is 12.1.